The van der Waals surface area contributed by atoms with Gasteiger partial charge in [0.2, 0.25) is 0 Å². The Balaban J connectivity index is 2.24. The van der Waals surface area contributed by atoms with Crippen molar-refractivity contribution in [2.75, 3.05) is 20.8 Å². The molecule has 0 aromatic carbocycles. The van der Waals surface area contributed by atoms with Gasteiger partial charge in [-0.05, 0) is 6.92 Å². The van der Waals surface area contributed by atoms with E-state index in [2.05, 4.69) is 10.3 Å². The number of ether oxygens (including phenoxy) is 2. The van der Waals surface area contributed by atoms with Crippen molar-refractivity contribution in [3.63, 3.8) is 0 Å². The third kappa shape index (κ3) is 3.34. The lowest BCUT2D eigenvalue weighted by Gasteiger charge is -2.13. The molecule has 0 bridgehead atoms. The van der Waals surface area contributed by atoms with Crippen molar-refractivity contribution >= 4 is 11.3 Å². The second-order valence-corrected chi connectivity index (χ2v) is 3.83. The number of hydrogen-bond donors (Lipinski definition) is 1. The third-order valence-corrected chi connectivity index (χ3v) is 2.90. The summed E-state index contributed by atoms with van der Waals surface area (Å²) in [5.74, 6) is 0. The number of rotatable bonds is 6. The molecule has 14 heavy (non-hydrogen) atoms. The van der Waals surface area contributed by atoms with Crippen LogP contribution < -0.4 is 5.32 Å². The Labute approximate surface area is 88.3 Å². The molecular formula is C9H16N2O2S. The highest BCUT2D eigenvalue weighted by Gasteiger charge is 2.05. The van der Waals surface area contributed by atoms with Crippen LogP contribution in [0, 0.1) is 6.92 Å². The van der Waals surface area contributed by atoms with Gasteiger partial charge >= 0.3 is 0 Å². The number of hydrogen-bond acceptors (Lipinski definition) is 5. The molecule has 80 valence electrons. The van der Waals surface area contributed by atoms with Crippen LogP contribution in [-0.2, 0) is 16.0 Å². The molecule has 1 aromatic rings. The second kappa shape index (κ2) is 6.08. The smallest absolute Gasteiger partial charge is 0.169 e. The van der Waals surface area contributed by atoms with Gasteiger partial charge in [-0.1, -0.05) is 0 Å². The van der Waals surface area contributed by atoms with Gasteiger partial charge in [-0.3, -0.25) is 0 Å². The molecule has 1 rings (SSSR count). The molecule has 0 amide bonds. The summed E-state index contributed by atoms with van der Waals surface area (Å²) >= 11 is 1.66. The maximum atomic E-state index is 5.05. The van der Waals surface area contributed by atoms with E-state index in [0.717, 1.165) is 12.2 Å². The highest BCUT2D eigenvalue weighted by atomic mass is 32.1. The molecule has 4 nitrogen and oxygen atoms in total. The van der Waals surface area contributed by atoms with Crippen molar-refractivity contribution in [3.05, 3.63) is 16.1 Å². The average Bonchev–Trinajstić information content (AvgIpc) is 2.59. The highest BCUT2D eigenvalue weighted by molar-refractivity contribution is 7.09. The fourth-order valence-corrected chi connectivity index (χ4v) is 1.81. The van der Waals surface area contributed by atoms with Gasteiger partial charge in [0.1, 0.15) is 0 Å². The van der Waals surface area contributed by atoms with E-state index in [-0.39, 0.29) is 6.29 Å². The molecule has 0 aliphatic heterocycles. The van der Waals surface area contributed by atoms with Crippen LogP contribution in [0.5, 0.6) is 0 Å². The van der Waals surface area contributed by atoms with E-state index in [0.29, 0.717) is 6.54 Å². The van der Waals surface area contributed by atoms with Crippen molar-refractivity contribution in [1.29, 1.82) is 0 Å². The van der Waals surface area contributed by atoms with Gasteiger partial charge in [-0.25, -0.2) is 4.98 Å². The van der Waals surface area contributed by atoms with Gasteiger partial charge < -0.3 is 14.8 Å². The summed E-state index contributed by atoms with van der Waals surface area (Å²) in [4.78, 5) is 5.43. The monoisotopic (exact) mass is 216 g/mol. The fraction of sp³-hybridized carbons (Fsp3) is 0.667. The van der Waals surface area contributed by atoms with E-state index in [1.54, 1.807) is 25.6 Å². The fourth-order valence-electron chi connectivity index (χ4n) is 1.06. The van der Waals surface area contributed by atoms with Crippen LogP contribution in [0.1, 0.15) is 10.6 Å². The zero-order valence-corrected chi connectivity index (χ0v) is 9.56. The Kier molecular flexibility index (Phi) is 5.03. The maximum Gasteiger partial charge on any atom is 0.169 e. The molecule has 0 fully saturated rings. The minimum absolute atomic E-state index is 0.178. The predicted octanol–water partition coefficient (Wildman–Crippen LogP) is 1.16. The Bertz CT molecular complexity index is 261. The summed E-state index contributed by atoms with van der Waals surface area (Å²) in [6.45, 7) is 3.52. The minimum atomic E-state index is -0.178. The van der Waals surface area contributed by atoms with E-state index in [4.69, 9.17) is 9.47 Å². The zero-order chi connectivity index (χ0) is 10.4. The summed E-state index contributed by atoms with van der Waals surface area (Å²) in [5.41, 5.74) is 2.95. The van der Waals surface area contributed by atoms with Crippen LogP contribution in [0.15, 0.2) is 5.51 Å². The number of aromatic nitrogens is 1. The number of aryl methyl sites for hydroxylation is 1. The first-order valence-corrected chi connectivity index (χ1v) is 5.31. The van der Waals surface area contributed by atoms with Crippen molar-refractivity contribution in [2.24, 2.45) is 0 Å². The first-order valence-electron chi connectivity index (χ1n) is 4.43. The maximum absolute atomic E-state index is 5.05. The largest absolute Gasteiger partial charge is 0.355 e. The lowest BCUT2D eigenvalue weighted by molar-refractivity contribution is -0.0988. The Morgan fingerprint density at radius 1 is 1.50 bits per heavy atom. The quantitative estimate of drug-likeness (QED) is 0.725. The Morgan fingerprint density at radius 3 is 2.71 bits per heavy atom. The number of thiazole rings is 1. The van der Waals surface area contributed by atoms with Gasteiger partial charge in [0, 0.05) is 32.2 Å². The summed E-state index contributed by atoms with van der Waals surface area (Å²) < 4.78 is 10.1. The molecule has 0 spiro atoms. The molecule has 0 saturated heterocycles. The van der Waals surface area contributed by atoms with Crippen molar-refractivity contribution < 1.29 is 9.47 Å². The summed E-state index contributed by atoms with van der Waals surface area (Å²) in [6, 6.07) is 0. The molecule has 5 heteroatoms. The number of nitrogens with one attached hydrogen (secondary N) is 1. The standard InChI is InChI=1S/C9H16N2O2S/c1-7-8(14-6-11-7)4-10-5-9(12-2)13-3/h6,9-10H,4-5H2,1-3H3. The third-order valence-electron chi connectivity index (χ3n) is 1.97. The van der Waals surface area contributed by atoms with E-state index >= 15 is 0 Å². The van der Waals surface area contributed by atoms with E-state index < -0.39 is 0 Å². The first-order chi connectivity index (χ1) is 6.77. The summed E-state index contributed by atoms with van der Waals surface area (Å²) in [5, 5.41) is 3.25. The number of nitrogens with zero attached hydrogens (tertiary/aromatic N) is 1. The van der Waals surface area contributed by atoms with Gasteiger partial charge in [0.15, 0.2) is 6.29 Å². The number of methoxy groups -OCH3 is 2. The molecule has 1 N–H and O–H groups in total. The van der Waals surface area contributed by atoms with Crippen LogP contribution in [0.25, 0.3) is 0 Å². The molecule has 0 radical (unpaired) electrons. The summed E-state index contributed by atoms with van der Waals surface area (Å²) in [6.07, 6.45) is -0.178. The Hall–Kier alpha value is -0.490. The van der Waals surface area contributed by atoms with Gasteiger partial charge in [0.05, 0.1) is 11.2 Å². The lowest BCUT2D eigenvalue weighted by Crippen LogP contribution is -2.29. The van der Waals surface area contributed by atoms with Crippen LogP contribution in [0.3, 0.4) is 0 Å². The normalized spacial score (nSPS) is 11.1. The van der Waals surface area contributed by atoms with Gasteiger partial charge in [-0.2, -0.15) is 0 Å². The molecular weight excluding hydrogens is 200 g/mol. The van der Waals surface area contributed by atoms with Crippen LogP contribution in [0.4, 0.5) is 0 Å². The van der Waals surface area contributed by atoms with E-state index in [1.165, 1.54) is 4.88 Å². The van der Waals surface area contributed by atoms with Crippen LogP contribution in [-0.4, -0.2) is 32.0 Å². The average molecular weight is 216 g/mol. The summed E-state index contributed by atoms with van der Waals surface area (Å²) in [7, 11) is 3.27. The second-order valence-electron chi connectivity index (χ2n) is 2.89. The Morgan fingerprint density at radius 2 is 2.21 bits per heavy atom. The van der Waals surface area contributed by atoms with Gasteiger partial charge in [-0.15, -0.1) is 11.3 Å². The molecule has 1 heterocycles. The molecule has 0 saturated carbocycles. The van der Waals surface area contributed by atoms with Gasteiger partial charge in [0.25, 0.3) is 0 Å². The molecule has 0 aliphatic rings. The molecule has 0 atom stereocenters. The minimum Gasteiger partial charge on any atom is -0.355 e. The van der Waals surface area contributed by atoms with Crippen molar-refractivity contribution in [3.8, 4) is 0 Å². The topological polar surface area (TPSA) is 43.4 Å². The molecule has 1 aromatic heterocycles. The highest BCUT2D eigenvalue weighted by Crippen LogP contribution is 2.11. The van der Waals surface area contributed by atoms with E-state index in [9.17, 15) is 0 Å². The first kappa shape index (κ1) is 11.6. The van der Waals surface area contributed by atoms with Crippen LogP contribution >= 0.6 is 11.3 Å². The SMILES string of the molecule is COC(CNCc1scnc1C)OC. The van der Waals surface area contributed by atoms with E-state index in [1.807, 2.05) is 12.4 Å². The van der Waals surface area contributed by atoms with Crippen molar-refractivity contribution in [2.45, 2.75) is 19.8 Å². The van der Waals surface area contributed by atoms with Crippen molar-refractivity contribution in [1.82, 2.24) is 10.3 Å². The lowest BCUT2D eigenvalue weighted by atomic mass is 10.4. The predicted molar refractivity (Wildman–Crippen MR) is 56.4 cm³/mol. The zero-order valence-electron chi connectivity index (χ0n) is 8.74. The molecule has 0 aliphatic carbocycles. The van der Waals surface area contributed by atoms with Crippen LogP contribution in [0.2, 0.25) is 0 Å². The molecule has 0 unspecified atom stereocenters.